The molecule has 0 radical (unpaired) electrons. The highest BCUT2D eigenvalue weighted by atomic mass is 32.2. The third kappa shape index (κ3) is 5.70. The standard InChI is InChI=1S/C21H18N2O7S/c1-2-29-19(24)13-30-17-9-5-14(6-10-17)11-18-20(25)22(21(26)31-18)12-15-3-7-16(8-4-15)23(27)28/h3-11H,2,12-13H2,1H3/b18-11-. The zero-order chi connectivity index (χ0) is 22.4. The Morgan fingerprint density at radius 3 is 2.42 bits per heavy atom. The molecule has 0 aliphatic carbocycles. The van der Waals surface area contributed by atoms with Crippen molar-refractivity contribution in [3.8, 4) is 5.75 Å². The van der Waals surface area contributed by atoms with E-state index in [0.717, 1.165) is 16.7 Å². The molecule has 1 saturated heterocycles. The van der Waals surface area contributed by atoms with Crippen molar-refractivity contribution in [2.75, 3.05) is 13.2 Å². The van der Waals surface area contributed by atoms with Crippen LogP contribution in [0.1, 0.15) is 18.1 Å². The molecular formula is C21H18N2O7S. The Kier molecular flexibility index (Phi) is 7.03. The normalized spacial score (nSPS) is 14.7. The van der Waals surface area contributed by atoms with Gasteiger partial charge in [0.15, 0.2) is 6.61 Å². The van der Waals surface area contributed by atoms with Crippen molar-refractivity contribution in [3.63, 3.8) is 0 Å². The van der Waals surface area contributed by atoms with Crippen molar-refractivity contribution in [3.05, 3.63) is 74.7 Å². The molecule has 0 saturated carbocycles. The minimum atomic E-state index is -0.514. The van der Waals surface area contributed by atoms with Crippen LogP contribution in [0.4, 0.5) is 10.5 Å². The molecule has 3 rings (SSSR count). The highest BCUT2D eigenvalue weighted by Gasteiger charge is 2.35. The Morgan fingerprint density at radius 1 is 1.13 bits per heavy atom. The molecule has 160 valence electrons. The second kappa shape index (κ2) is 9.90. The Morgan fingerprint density at radius 2 is 1.81 bits per heavy atom. The monoisotopic (exact) mass is 442 g/mol. The van der Waals surface area contributed by atoms with Crippen LogP contribution in [0.25, 0.3) is 6.08 Å². The lowest BCUT2D eigenvalue weighted by molar-refractivity contribution is -0.384. The van der Waals surface area contributed by atoms with Gasteiger partial charge in [0.2, 0.25) is 0 Å². The third-order valence-corrected chi connectivity index (χ3v) is 5.11. The number of amides is 2. The van der Waals surface area contributed by atoms with Gasteiger partial charge >= 0.3 is 5.97 Å². The van der Waals surface area contributed by atoms with Crippen LogP contribution in [-0.4, -0.2) is 40.2 Å². The average Bonchev–Trinajstić information content (AvgIpc) is 3.01. The minimum absolute atomic E-state index is 0.0284. The Balaban J connectivity index is 1.64. The van der Waals surface area contributed by atoms with Gasteiger partial charge in [0, 0.05) is 12.1 Å². The number of benzene rings is 2. The highest BCUT2D eigenvalue weighted by molar-refractivity contribution is 8.18. The van der Waals surface area contributed by atoms with E-state index < -0.39 is 22.0 Å². The van der Waals surface area contributed by atoms with Crippen LogP contribution in [0, 0.1) is 10.1 Å². The molecule has 1 aliphatic rings. The van der Waals surface area contributed by atoms with Crippen LogP contribution in [-0.2, 0) is 20.9 Å². The van der Waals surface area contributed by atoms with Crippen LogP contribution in [0.2, 0.25) is 0 Å². The predicted octanol–water partition coefficient (Wildman–Crippen LogP) is 3.77. The second-order valence-corrected chi connectivity index (χ2v) is 7.35. The molecule has 0 bridgehead atoms. The van der Waals surface area contributed by atoms with Gasteiger partial charge in [-0.05, 0) is 48.0 Å². The summed E-state index contributed by atoms with van der Waals surface area (Å²) >= 11 is 0.826. The fourth-order valence-electron chi connectivity index (χ4n) is 2.70. The maximum Gasteiger partial charge on any atom is 0.344 e. The molecular weight excluding hydrogens is 424 g/mol. The number of non-ortho nitro benzene ring substituents is 1. The van der Waals surface area contributed by atoms with Gasteiger partial charge in [-0.3, -0.25) is 24.6 Å². The van der Waals surface area contributed by atoms with E-state index >= 15 is 0 Å². The number of esters is 1. The summed E-state index contributed by atoms with van der Waals surface area (Å²) in [6.45, 7) is 1.82. The molecule has 2 aromatic carbocycles. The number of hydrogen-bond acceptors (Lipinski definition) is 8. The first-order valence-corrected chi connectivity index (χ1v) is 10.1. The Labute approximate surface area is 181 Å². The summed E-state index contributed by atoms with van der Waals surface area (Å²) in [5, 5.41) is 10.3. The number of hydrogen-bond donors (Lipinski definition) is 0. The van der Waals surface area contributed by atoms with Gasteiger partial charge in [-0.2, -0.15) is 0 Å². The number of nitro groups is 1. The van der Waals surface area contributed by atoms with Crippen molar-refractivity contribution >= 4 is 40.6 Å². The number of nitro benzene ring substituents is 1. The quantitative estimate of drug-likeness (QED) is 0.262. The van der Waals surface area contributed by atoms with Gasteiger partial charge in [-0.15, -0.1) is 0 Å². The van der Waals surface area contributed by atoms with Crippen LogP contribution in [0.5, 0.6) is 5.75 Å². The summed E-state index contributed by atoms with van der Waals surface area (Å²) in [7, 11) is 0. The molecule has 1 aliphatic heterocycles. The first-order valence-electron chi connectivity index (χ1n) is 9.24. The van der Waals surface area contributed by atoms with E-state index in [1.807, 2.05) is 0 Å². The Bertz CT molecular complexity index is 1030. The van der Waals surface area contributed by atoms with E-state index in [2.05, 4.69) is 0 Å². The molecule has 0 aromatic heterocycles. The number of thioether (sulfide) groups is 1. The molecule has 9 nitrogen and oxygen atoms in total. The molecule has 2 amide bonds. The lowest BCUT2D eigenvalue weighted by atomic mass is 10.2. The first-order chi connectivity index (χ1) is 14.9. The lowest BCUT2D eigenvalue weighted by Crippen LogP contribution is -2.27. The molecule has 31 heavy (non-hydrogen) atoms. The van der Waals surface area contributed by atoms with Gasteiger partial charge in [0.05, 0.1) is 23.0 Å². The topological polar surface area (TPSA) is 116 Å². The maximum atomic E-state index is 12.6. The summed E-state index contributed by atoms with van der Waals surface area (Å²) in [5.41, 5.74) is 1.23. The molecule has 1 fully saturated rings. The molecule has 0 unspecified atom stereocenters. The number of carbonyl (C=O) groups is 3. The summed E-state index contributed by atoms with van der Waals surface area (Å²) < 4.78 is 10.1. The van der Waals surface area contributed by atoms with Crippen LogP contribution >= 0.6 is 11.8 Å². The molecule has 0 N–H and O–H groups in total. The van der Waals surface area contributed by atoms with Crippen molar-refractivity contribution in [2.45, 2.75) is 13.5 Å². The van der Waals surface area contributed by atoms with E-state index in [1.165, 1.54) is 24.3 Å². The van der Waals surface area contributed by atoms with Crippen LogP contribution < -0.4 is 4.74 Å². The van der Waals surface area contributed by atoms with Gasteiger partial charge in [0.25, 0.3) is 16.8 Å². The predicted molar refractivity (Wildman–Crippen MR) is 113 cm³/mol. The van der Waals surface area contributed by atoms with Gasteiger partial charge in [-0.1, -0.05) is 24.3 Å². The van der Waals surface area contributed by atoms with Crippen molar-refractivity contribution in [1.82, 2.24) is 4.90 Å². The summed E-state index contributed by atoms with van der Waals surface area (Å²) in [6.07, 6.45) is 1.59. The molecule has 2 aromatic rings. The maximum absolute atomic E-state index is 12.6. The van der Waals surface area contributed by atoms with Gasteiger partial charge in [-0.25, -0.2) is 4.79 Å². The Hall–Kier alpha value is -3.66. The fraction of sp³-hybridized carbons (Fsp3) is 0.190. The van der Waals surface area contributed by atoms with Crippen molar-refractivity contribution in [2.24, 2.45) is 0 Å². The van der Waals surface area contributed by atoms with Crippen LogP contribution in [0.15, 0.2) is 53.4 Å². The van der Waals surface area contributed by atoms with E-state index in [9.17, 15) is 24.5 Å². The van der Waals surface area contributed by atoms with Crippen LogP contribution in [0.3, 0.4) is 0 Å². The molecule has 1 heterocycles. The van der Waals surface area contributed by atoms with E-state index in [1.54, 1.807) is 37.3 Å². The molecule has 0 spiro atoms. The third-order valence-electron chi connectivity index (χ3n) is 4.20. The number of imide groups is 1. The van der Waals surface area contributed by atoms with Crippen molar-refractivity contribution < 1.29 is 28.8 Å². The zero-order valence-electron chi connectivity index (χ0n) is 16.5. The van der Waals surface area contributed by atoms with E-state index in [4.69, 9.17) is 9.47 Å². The second-order valence-electron chi connectivity index (χ2n) is 6.35. The smallest absolute Gasteiger partial charge is 0.344 e. The van der Waals surface area contributed by atoms with Gasteiger partial charge in [0.1, 0.15) is 5.75 Å². The summed E-state index contributed by atoms with van der Waals surface area (Å²) in [6, 6.07) is 12.4. The summed E-state index contributed by atoms with van der Waals surface area (Å²) in [4.78, 5) is 47.8. The fourth-order valence-corrected chi connectivity index (χ4v) is 3.54. The van der Waals surface area contributed by atoms with Crippen molar-refractivity contribution in [1.29, 1.82) is 0 Å². The first kappa shape index (κ1) is 22.0. The number of ether oxygens (including phenoxy) is 2. The van der Waals surface area contributed by atoms with Gasteiger partial charge < -0.3 is 9.47 Å². The number of nitrogens with zero attached hydrogens (tertiary/aromatic N) is 2. The number of rotatable bonds is 8. The largest absolute Gasteiger partial charge is 0.482 e. The average molecular weight is 442 g/mol. The van der Waals surface area contributed by atoms with E-state index in [-0.39, 0.29) is 30.4 Å². The number of carbonyl (C=O) groups excluding carboxylic acids is 3. The molecule has 10 heteroatoms. The summed E-state index contributed by atoms with van der Waals surface area (Å²) in [5.74, 6) is -0.430. The lowest BCUT2D eigenvalue weighted by Gasteiger charge is -2.12. The minimum Gasteiger partial charge on any atom is -0.482 e. The SMILES string of the molecule is CCOC(=O)COc1ccc(/C=C2\SC(=O)N(Cc3ccc([N+](=O)[O-])cc3)C2=O)cc1. The van der Waals surface area contributed by atoms with E-state index in [0.29, 0.717) is 16.9 Å². The highest BCUT2D eigenvalue weighted by Crippen LogP contribution is 2.33. The zero-order valence-corrected chi connectivity index (χ0v) is 17.3. The molecule has 0 atom stereocenters.